The number of aliphatic hydroxyl groups is 1. The molecule has 2 N–H and O–H groups in total. The monoisotopic (exact) mass is 311 g/mol. The van der Waals surface area contributed by atoms with Gasteiger partial charge in [0.25, 0.3) is 0 Å². The fourth-order valence-electron chi connectivity index (χ4n) is 2.78. The first-order chi connectivity index (χ1) is 10.0. The zero-order valence-corrected chi connectivity index (χ0v) is 13.4. The Balaban J connectivity index is 1.88. The first-order valence-corrected chi connectivity index (χ1v) is 9.41. The normalized spacial score (nSPS) is 23.0. The Kier molecular flexibility index (Phi) is 5.65. The van der Waals surface area contributed by atoms with Gasteiger partial charge in [0.05, 0.1) is 16.8 Å². The predicted octanol–water partition coefficient (Wildman–Crippen LogP) is 2.83. The van der Waals surface area contributed by atoms with E-state index in [2.05, 4.69) is 5.32 Å². The summed E-state index contributed by atoms with van der Waals surface area (Å²) in [5.41, 5.74) is 0.955. The van der Waals surface area contributed by atoms with E-state index in [-0.39, 0.29) is 11.9 Å². The smallest absolute Gasteiger partial charge is 0.178 e. The second-order valence-electron chi connectivity index (χ2n) is 5.90. The molecule has 0 spiro atoms. The average molecular weight is 311 g/mol. The highest BCUT2D eigenvalue weighted by Crippen LogP contribution is 2.25. The maximum absolute atomic E-state index is 11.9. The molecule has 0 atom stereocenters. The molecule has 1 aromatic rings. The number of anilines is 1. The van der Waals surface area contributed by atoms with Crippen LogP contribution in [0.25, 0.3) is 0 Å². The molecule has 21 heavy (non-hydrogen) atoms. The van der Waals surface area contributed by atoms with Gasteiger partial charge in [0.1, 0.15) is 0 Å². The van der Waals surface area contributed by atoms with Crippen LogP contribution in [0.5, 0.6) is 0 Å². The van der Waals surface area contributed by atoms with E-state index >= 15 is 0 Å². The minimum absolute atomic E-state index is 0.121. The van der Waals surface area contributed by atoms with E-state index in [0.29, 0.717) is 17.2 Å². The summed E-state index contributed by atoms with van der Waals surface area (Å²) in [7, 11) is -3.12. The minimum Gasteiger partial charge on any atom is -0.393 e. The summed E-state index contributed by atoms with van der Waals surface area (Å²) in [6.07, 6.45) is 4.40. The van der Waals surface area contributed by atoms with Gasteiger partial charge in [0, 0.05) is 12.2 Å². The summed E-state index contributed by atoms with van der Waals surface area (Å²) >= 11 is 0. The van der Waals surface area contributed by atoms with E-state index in [1.165, 1.54) is 0 Å². The lowest BCUT2D eigenvalue weighted by Crippen LogP contribution is -2.23. The molecule has 2 rings (SSSR count). The van der Waals surface area contributed by atoms with Crippen LogP contribution in [-0.4, -0.2) is 31.9 Å². The first kappa shape index (κ1) is 16.3. The van der Waals surface area contributed by atoms with Crippen molar-refractivity contribution >= 4 is 15.5 Å². The molecule has 1 fully saturated rings. The fourth-order valence-corrected chi connectivity index (χ4v) is 4.10. The van der Waals surface area contributed by atoms with E-state index in [1.54, 1.807) is 12.1 Å². The largest absolute Gasteiger partial charge is 0.393 e. The Morgan fingerprint density at radius 1 is 1.14 bits per heavy atom. The summed E-state index contributed by atoms with van der Waals surface area (Å²) < 4.78 is 23.9. The lowest BCUT2D eigenvalue weighted by atomic mass is 9.87. The third-order valence-corrected chi connectivity index (χ3v) is 6.03. The molecule has 0 saturated heterocycles. The summed E-state index contributed by atoms with van der Waals surface area (Å²) in [6.45, 7) is 2.75. The fraction of sp³-hybridized carbons (Fsp3) is 0.625. The van der Waals surface area contributed by atoms with Gasteiger partial charge in [-0.1, -0.05) is 6.92 Å². The van der Waals surface area contributed by atoms with Gasteiger partial charge in [-0.05, 0) is 62.3 Å². The molecule has 1 aromatic carbocycles. The third-order valence-electron chi connectivity index (χ3n) is 4.10. The van der Waals surface area contributed by atoms with E-state index in [0.717, 1.165) is 37.9 Å². The molecule has 0 unspecified atom stereocenters. The molecule has 1 aliphatic rings. The molecule has 1 aliphatic carbocycles. The van der Waals surface area contributed by atoms with Crippen LogP contribution in [-0.2, 0) is 9.84 Å². The van der Waals surface area contributed by atoms with Crippen LogP contribution in [0.3, 0.4) is 0 Å². The van der Waals surface area contributed by atoms with Crippen molar-refractivity contribution in [3.8, 4) is 0 Å². The highest BCUT2D eigenvalue weighted by molar-refractivity contribution is 7.91. The van der Waals surface area contributed by atoms with Gasteiger partial charge in [0.2, 0.25) is 0 Å². The predicted molar refractivity (Wildman–Crippen MR) is 85.2 cm³/mol. The quantitative estimate of drug-likeness (QED) is 0.848. The van der Waals surface area contributed by atoms with Crippen LogP contribution in [0.15, 0.2) is 29.2 Å². The van der Waals surface area contributed by atoms with Crippen molar-refractivity contribution in [1.82, 2.24) is 0 Å². The van der Waals surface area contributed by atoms with E-state index < -0.39 is 9.84 Å². The third kappa shape index (κ3) is 4.71. The van der Waals surface area contributed by atoms with Crippen LogP contribution in [0.1, 0.15) is 39.0 Å². The Hall–Kier alpha value is -1.07. The highest BCUT2D eigenvalue weighted by Gasteiger charge is 2.19. The van der Waals surface area contributed by atoms with Crippen LogP contribution < -0.4 is 5.32 Å². The molecule has 0 heterocycles. The minimum atomic E-state index is -3.12. The summed E-state index contributed by atoms with van der Waals surface area (Å²) in [5.74, 6) is 0.793. The maximum Gasteiger partial charge on any atom is 0.178 e. The average Bonchev–Trinajstić information content (AvgIpc) is 2.47. The van der Waals surface area contributed by atoms with Gasteiger partial charge in [-0.2, -0.15) is 0 Å². The number of hydrogen-bond donors (Lipinski definition) is 2. The topological polar surface area (TPSA) is 66.4 Å². The Bertz CT molecular complexity index is 531. The lowest BCUT2D eigenvalue weighted by Gasteiger charge is -2.25. The Morgan fingerprint density at radius 3 is 2.33 bits per heavy atom. The molecular formula is C16H25NO3S. The molecule has 0 aromatic heterocycles. The van der Waals surface area contributed by atoms with E-state index in [4.69, 9.17) is 0 Å². The zero-order chi connectivity index (χ0) is 15.3. The van der Waals surface area contributed by atoms with Gasteiger partial charge >= 0.3 is 0 Å². The summed E-state index contributed by atoms with van der Waals surface area (Å²) in [6, 6.07) is 7.02. The van der Waals surface area contributed by atoms with Gasteiger partial charge in [-0.15, -0.1) is 0 Å². The molecule has 0 radical (unpaired) electrons. The Morgan fingerprint density at radius 2 is 1.76 bits per heavy atom. The molecule has 0 bridgehead atoms. The molecule has 5 heteroatoms. The zero-order valence-electron chi connectivity index (χ0n) is 12.6. The van der Waals surface area contributed by atoms with Gasteiger partial charge in [0.15, 0.2) is 9.84 Å². The van der Waals surface area contributed by atoms with E-state index in [9.17, 15) is 13.5 Å². The molecule has 4 nitrogen and oxygen atoms in total. The number of hydrogen-bond acceptors (Lipinski definition) is 4. The number of benzene rings is 1. The molecule has 118 valence electrons. The summed E-state index contributed by atoms with van der Waals surface area (Å²) in [4.78, 5) is 0.399. The van der Waals surface area contributed by atoms with Gasteiger partial charge < -0.3 is 10.4 Å². The van der Waals surface area contributed by atoms with E-state index in [1.807, 2.05) is 19.1 Å². The number of aliphatic hydroxyl groups excluding tert-OH is 1. The second-order valence-corrected chi connectivity index (χ2v) is 8.01. The maximum atomic E-state index is 11.9. The molecule has 0 amide bonds. The van der Waals surface area contributed by atoms with Crippen molar-refractivity contribution in [2.45, 2.75) is 50.0 Å². The first-order valence-electron chi connectivity index (χ1n) is 7.76. The van der Waals surface area contributed by atoms with Crippen molar-refractivity contribution in [1.29, 1.82) is 0 Å². The van der Waals surface area contributed by atoms with Crippen LogP contribution in [0.4, 0.5) is 5.69 Å². The van der Waals surface area contributed by atoms with Crippen molar-refractivity contribution in [3.63, 3.8) is 0 Å². The van der Waals surface area contributed by atoms with Crippen molar-refractivity contribution < 1.29 is 13.5 Å². The number of rotatable bonds is 6. The second kappa shape index (κ2) is 7.27. The number of sulfone groups is 1. The van der Waals surface area contributed by atoms with Crippen LogP contribution in [0.2, 0.25) is 0 Å². The Labute approximate surface area is 127 Å². The van der Waals surface area contributed by atoms with Crippen molar-refractivity contribution in [3.05, 3.63) is 24.3 Å². The molecule has 1 saturated carbocycles. The van der Waals surface area contributed by atoms with Crippen LogP contribution in [0, 0.1) is 5.92 Å². The highest BCUT2D eigenvalue weighted by atomic mass is 32.2. The molecular weight excluding hydrogens is 286 g/mol. The van der Waals surface area contributed by atoms with Gasteiger partial charge in [-0.3, -0.25) is 0 Å². The van der Waals surface area contributed by atoms with Gasteiger partial charge in [-0.25, -0.2) is 8.42 Å². The van der Waals surface area contributed by atoms with Crippen molar-refractivity contribution in [2.24, 2.45) is 5.92 Å². The lowest BCUT2D eigenvalue weighted by molar-refractivity contribution is 0.111. The van der Waals surface area contributed by atoms with Crippen LogP contribution >= 0.6 is 0 Å². The SMILES string of the molecule is CCCS(=O)(=O)c1ccc(NCC2CCC(O)CC2)cc1. The number of nitrogens with one attached hydrogen (secondary N) is 1. The van der Waals surface area contributed by atoms with Crippen molar-refractivity contribution in [2.75, 3.05) is 17.6 Å². The standard InChI is InChI=1S/C16H25NO3S/c1-2-11-21(19,20)16-9-5-14(6-10-16)17-12-13-3-7-15(18)8-4-13/h5-6,9-10,13,15,17-18H,2-4,7-8,11-12H2,1H3. The molecule has 0 aliphatic heterocycles. The summed E-state index contributed by atoms with van der Waals surface area (Å²) in [5, 5.41) is 12.8.